The van der Waals surface area contributed by atoms with E-state index in [1.54, 1.807) is 0 Å². The van der Waals surface area contributed by atoms with Gasteiger partial charge >= 0.3 is 5.97 Å². The van der Waals surface area contributed by atoms with Crippen molar-refractivity contribution in [2.75, 3.05) is 6.54 Å². The van der Waals surface area contributed by atoms with Gasteiger partial charge in [-0.25, -0.2) is 0 Å². The summed E-state index contributed by atoms with van der Waals surface area (Å²) in [5, 5.41) is 12.9. The van der Waals surface area contributed by atoms with E-state index < -0.39 is 5.97 Å². The number of hydrogen-bond donors (Lipinski definition) is 2. The van der Waals surface area contributed by atoms with E-state index in [4.69, 9.17) is 0 Å². The van der Waals surface area contributed by atoms with E-state index in [-0.39, 0.29) is 17.9 Å². The Kier molecular flexibility index (Phi) is 4.02. The minimum Gasteiger partial charge on any atom is -0.481 e. The van der Waals surface area contributed by atoms with Gasteiger partial charge in [0.05, 0.1) is 5.92 Å². The first kappa shape index (κ1) is 13.8. The Morgan fingerprint density at radius 1 is 0.952 bits per heavy atom. The highest BCUT2D eigenvalue weighted by molar-refractivity contribution is 5.72. The third-order valence-electron chi connectivity index (χ3n) is 4.31. The number of aliphatic carboxylic acids is 1. The van der Waals surface area contributed by atoms with Crippen molar-refractivity contribution in [3.63, 3.8) is 0 Å². The molecule has 3 atom stereocenters. The van der Waals surface area contributed by atoms with Crippen LogP contribution in [-0.2, 0) is 4.79 Å². The van der Waals surface area contributed by atoms with Crippen LogP contribution in [0.2, 0.25) is 0 Å². The second-order valence-electron chi connectivity index (χ2n) is 5.57. The topological polar surface area (TPSA) is 49.3 Å². The standard InChI is InChI=1S/C18H19NO2/c20-18(21)16-12-19-17(14-9-5-2-6-10-14)11-15(16)13-7-3-1-4-8-13/h1-10,15-17,19H,11-12H2,(H,20,21)/t15-,16-,17-/m1/s1. The Labute approximate surface area is 124 Å². The van der Waals surface area contributed by atoms with E-state index in [2.05, 4.69) is 17.4 Å². The molecule has 0 amide bonds. The Morgan fingerprint density at radius 3 is 2.10 bits per heavy atom. The summed E-state index contributed by atoms with van der Waals surface area (Å²) in [4.78, 5) is 11.5. The van der Waals surface area contributed by atoms with Gasteiger partial charge in [0.2, 0.25) is 0 Å². The van der Waals surface area contributed by atoms with E-state index in [0.717, 1.165) is 12.0 Å². The molecule has 3 rings (SSSR count). The number of benzene rings is 2. The van der Waals surface area contributed by atoms with Crippen LogP contribution in [0, 0.1) is 5.92 Å². The molecule has 0 saturated carbocycles. The van der Waals surface area contributed by atoms with Crippen molar-refractivity contribution in [1.82, 2.24) is 5.32 Å². The zero-order valence-corrected chi connectivity index (χ0v) is 11.8. The maximum atomic E-state index is 11.5. The first-order valence-electron chi connectivity index (χ1n) is 7.32. The average molecular weight is 281 g/mol. The van der Waals surface area contributed by atoms with Crippen molar-refractivity contribution >= 4 is 5.97 Å². The van der Waals surface area contributed by atoms with Crippen LogP contribution < -0.4 is 5.32 Å². The van der Waals surface area contributed by atoms with Crippen LogP contribution in [-0.4, -0.2) is 17.6 Å². The van der Waals surface area contributed by atoms with Gasteiger partial charge in [0.15, 0.2) is 0 Å². The quantitative estimate of drug-likeness (QED) is 0.908. The monoisotopic (exact) mass is 281 g/mol. The number of carboxylic acid groups (broad SMARTS) is 1. The Bertz CT molecular complexity index is 597. The minimum absolute atomic E-state index is 0.0511. The van der Waals surface area contributed by atoms with Gasteiger partial charge in [-0.1, -0.05) is 60.7 Å². The van der Waals surface area contributed by atoms with Gasteiger partial charge in [-0.3, -0.25) is 4.79 Å². The molecule has 2 aromatic carbocycles. The number of rotatable bonds is 3. The molecule has 2 N–H and O–H groups in total. The predicted molar refractivity (Wildman–Crippen MR) is 82.1 cm³/mol. The van der Waals surface area contributed by atoms with Crippen molar-refractivity contribution in [2.24, 2.45) is 5.92 Å². The summed E-state index contributed by atoms with van der Waals surface area (Å²) in [6, 6.07) is 20.5. The summed E-state index contributed by atoms with van der Waals surface area (Å²) in [6.07, 6.45) is 0.811. The molecule has 0 aromatic heterocycles. The Balaban J connectivity index is 1.87. The van der Waals surface area contributed by atoms with E-state index in [1.807, 2.05) is 48.5 Å². The molecule has 108 valence electrons. The molecular formula is C18H19NO2. The lowest BCUT2D eigenvalue weighted by molar-refractivity contribution is -0.143. The molecular weight excluding hydrogens is 262 g/mol. The van der Waals surface area contributed by atoms with E-state index in [9.17, 15) is 9.90 Å². The van der Waals surface area contributed by atoms with E-state index in [0.29, 0.717) is 6.54 Å². The molecule has 0 radical (unpaired) electrons. The van der Waals surface area contributed by atoms with Crippen molar-refractivity contribution in [3.8, 4) is 0 Å². The molecule has 3 nitrogen and oxygen atoms in total. The SMILES string of the molecule is O=C(O)[C@@H]1CN[C@@H](c2ccccc2)C[C@@H]1c1ccccc1. The fourth-order valence-corrected chi connectivity index (χ4v) is 3.18. The molecule has 0 bridgehead atoms. The van der Waals surface area contributed by atoms with Gasteiger partial charge in [-0.15, -0.1) is 0 Å². The maximum absolute atomic E-state index is 11.5. The van der Waals surface area contributed by atoms with Crippen molar-refractivity contribution in [2.45, 2.75) is 18.4 Å². The second kappa shape index (κ2) is 6.10. The summed E-state index contributed by atoms with van der Waals surface area (Å²) >= 11 is 0. The lowest BCUT2D eigenvalue weighted by atomic mass is 9.77. The van der Waals surface area contributed by atoms with Crippen molar-refractivity contribution < 1.29 is 9.90 Å². The summed E-state index contributed by atoms with van der Waals surface area (Å²) in [5.41, 5.74) is 2.34. The van der Waals surface area contributed by atoms with Gasteiger partial charge in [-0.2, -0.15) is 0 Å². The van der Waals surface area contributed by atoms with Crippen molar-refractivity contribution in [3.05, 3.63) is 71.8 Å². The second-order valence-corrected chi connectivity index (χ2v) is 5.57. The highest BCUT2D eigenvalue weighted by Gasteiger charge is 2.36. The Morgan fingerprint density at radius 2 is 1.52 bits per heavy atom. The summed E-state index contributed by atoms with van der Waals surface area (Å²) < 4.78 is 0. The maximum Gasteiger partial charge on any atom is 0.308 e. The summed E-state index contributed by atoms with van der Waals surface area (Å²) in [5.74, 6) is -1.04. The fraction of sp³-hybridized carbons (Fsp3) is 0.278. The van der Waals surface area contributed by atoms with Gasteiger partial charge in [0, 0.05) is 18.5 Å². The first-order chi connectivity index (χ1) is 10.3. The van der Waals surface area contributed by atoms with Gasteiger partial charge in [0.1, 0.15) is 0 Å². The molecule has 3 heteroatoms. The molecule has 1 aliphatic rings. The number of nitrogens with one attached hydrogen (secondary N) is 1. The minimum atomic E-state index is -0.720. The van der Waals surface area contributed by atoms with Gasteiger partial charge in [-0.05, 0) is 17.5 Å². The molecule has 1 aliphatic heterocycles. The summed E-state index contributed by atoms with van der Waals surface area (Å²) in [7, 11) is 0. The first-order valence-corrected chi connectivity index (χ1v) is 7.32. The zero-order valence-electron chi connectivity index (χ0n) is 11.8. The normalized spacial score (nSPS) is 25.4. The lowest BCUT2D eigenvalue weighted by Gasteiger charge is -2.35. The molecule has 2 aromatic rings. The molecule has 21 heavy (non-hydrogen) atoms. The Hall–Kier alpha value is -2.13. The molecule has 0 spiro atoms. The van der Waals surface area contributed by atoms with Crippen LogP contribution in [0.5, 0.6) is 0 Å². The molecule has 1 heterocycles. The van der Waals surface area contributed by atoms with Gasteiger partial charge < -0.3 is 10.4 Å². The van der Waals surface area contributed by atoms with Crippen LogP contribution in [0.15, 0.2) is 60.7 Å². The fourth-order valence-electron chi connectivity index (χ4n) is 3.18. The number of hydrogen-bond acceptors (Lipinski definition) is 2. The molecule has 0 aliphatic carbocycles. The molecule has 0 unspecified atom stereocenters. The van der Waals surface area contributed by atoms with Crippen LogP contribution in [0.3, 0.4) is 0 Å². The van der Waals surface area contributed by atoms with Crippen LogP contribution in [0.1, 0.15) is 29.5 Å². The van der Waals surface area contributed by atoms with Crippen molar-refractivity contribution in [1.29, 1.82) is 0 Å². The molecule has 1 saturated heterocycles. The van der Waals surface area contributed by atoms with E-state index >= 15 is 0 Å². The third-order valence-corrected chi connectivity index (χ3v) is 4.31. The highest BCUT2D eigenvalue weighted by Crippen LogP contribution is 2.37. The predicted octanol–water partition coefficient (Wildman–Crippen LogP) is 3.21. The smallest absolute Gasteiger partial charge is 0.308 e. The van der Waals surface area contributed by atoms with Gasteiger partial charge in [0.25, 0.3) is 0 Å². The number of carbonyl (C=O) groups is 1. The third kappa shape index (κ3) is 2.98. The molecule has 1 fully saturated rings. The number of carboxylic acids is 1. The van der Waals surface area contributed by atoms with Crippen LogP contribution >= 0.6 is 0 Å². The largest absolute Gasteiger partial charge is 0.481 e. The van der Waals surface area contributed by atoms with Crippen LogP contribution in [0.4, 0.5) is 0 Å². The number of piperidine rings is 1. The average Bonchev–Trinajstić information content (AvgIpc) is 2.56. The van der Waals surface area contributed by atoms with Crippen LogP contribution in [0.25, 0.3) is 0 Å². The lowest BCUT2D eigenvalue weighted by Crippen LogP contribution is -2.41. The van der Waals surface area contributed by atoms with E-state index in [1.165, 1.54) is 5.56 Å². The zero-order chi connectivity index (χ0) is 14.7. The highest BCUT2D eigenvalue weighted by atomic mass is 16.4. The summed E-state index contributed by atoms with van der Waals surface area (Å²) in [6.45, 7) is 0.508.